The van der Waals surface area contributed by atoms with E-state index < -0.39 is 6.43 Å². The van der Waals surface area contributed by atoms with E-state index in [-0.39, 0.29) is 5.69 Å². The van der Waals surface area contributed by atoms with Gasteiger partial charge in [-0.3, -0.25) is 9.78 Å². The van der Waals surface area contributed by atoms with E-state index in [2.05, 4.69) is 20.9 Å². The monoisotopic (exact) mass is 249 g/mol. The summed E-state index contributed by atoms with van der Waals surface area (Å²) in [6, 6.07) is 2.50. The average molecular weight is 250 g/mol. The van der Waals surface area contributed by atoms with Crippen LogP contribution in [0.15, 0.2) is 12.1 Å². The number of aldehydes is 1. The van der Waals surface area contributed by atoms with Gasteiger partial charge in [0, 0.05) is 10.9 Å². The van der Waals surface area contributed by atoms with Crippen molar-refractivity contribution in [2.24, 2.45) is 0 Å². The van der Waals surface area contributed by atoms with Gasteiger partial charge in [0.25, 0.3) is 6.43 Å². The SMILES string of the molecule is O=Cc1ccc(C(F)F)nc1CBr. The van der Waals surface area contributed by atoms with Gasteiger partial charge in [-0.1, -0.05) is 15.9 Å². The first kappa shape index (κ1) is 10.2. The largest absolute Gasteiger partial charge is 0.298 e. The highest BCUT2D eigenvalue weighted by Gasteiger charge is 2.11. The van der Waals surface area contributed by atoms with Gasteiger partial charge in [-0.25, -0.2) is 8.78 Å². The molecule has 0 N–H and O–H groups in total. The normalized spacial score (nSPS) is 10.5. The van der Waals surface area contributed by atoms with E-state index in [0.29, 0.717) is 22.9 Å². The van der Waals surface area contributed by atoms with Crippen molar-refractivity contribution in [3.05, 3.63) is 29.1 Å². The van der Waals surface area contributed by atoms with E-state index in [1.807, 2.05) is 0 Å². The Labute approximate surface area is 82.1 Å². The van der Waals surface area contributed by atoms with Gasteiger partial charge in [-0.05, 0) is 12.1 Å². The minimum Gasteiger partial charge on any atom is -0.298 e. The van der Waals surface area contributed by atoms with Crippen LogP contribution in [0.5, 0.6) is 0 Å². The molecule has 0 unspecified atom stereocenters. The summed E-state index contributed by atoms with van der Waals surface area (Å²) in [7, 11) is 0. The molecule has 0 saturated heterocycles. The Kier molecular flexibility index (Phi) is 3.48. The number of pyridine rings is 1. The summed E-state index contributed by atoms with van der Waals surface area (Å²) in [4.78, 5) is 14.1. The number of carbonyl (C=O) groups excluding carboxylic acids is 1. The molecule has 0 aromatic carbocycles. The second-order valence-corrected chi connectivity index (χ2v) is 2.88. The summed E-state index contributed by atoms with van der Waals surface area (Å²) in [5.41, 5.74) is 0.370. The summed E-state index contributed by atoms with van der Waals surface area (Å²) in [5.74, 6) is 0. The summed E-state index contributed by atoms with van der Waals surface area (Å²) in [6.07, 6.45) is -2.00. The van der Waals surface area contributed by atoms with Crippen LogP contribution in [0.4, 0.5) is 8.78 Å². The first-order valence-electron chi connectivity index (χ1n) is 3.48. The van der Waals surface area contributed by atoms with Gasteiger partial charge in [0.15, 0.2) is 6.29 Å². The van der Waals surface area contributed by atoms with Gasteiger partial charge >= 0.3 is 0 Å². The molecular formula is C8H6BrF2NO. The molecule has 5 heteroatoms. The second-order valence-electron chi connectivity index (χ2n) is 2.32. The third kappa shape index (κ3) is 2.30. The molecule has 13 heavy (non-hydrogen) atoms. The minimum atomic E-state index is -2.60. The molecule has 0 atom stereocenters. The lowest BCUT2D eigenvalue weighted by atomic mass is 10.2. The highest BCUT2D eigenvalue weighted by Crippen LogP contribution is 2.18. The van der Waals surface area contributed by atoms with Crippen molar-refractivity contribution in [1.82, 2.24) is 4.98 Å². The van der Waals surface area contributed by atoms with Crippen molar-refractivity contribution < 1.29 is 13.6 Å². The number of halogens is 3. The van der Waals surface area contributed by atoms with Crippen molar-refractivity contribution >= 4 is 22.2 Å². The number of carbonyl (C=O) groups is 1. The molecule has 70 valence electrons. The Morgan fingerprint density at radius 1 is 1.54 bits per heavy atom. The zero-order chi connectivity index (χ0) is 9.84. The van der Waals surface area contributed by atoms with E-state index in [1.165, 1.54) is 6.07 Å². The quantitative estimate of drug-likeness (QED) is 0.609. The number of hydrogen-bond donors (Lipinski definition) is 0. The number of aromatic nitrogens is 1. The average Bonchev–Trinajstić information content (AvgIpc) is 2.16. The summed E-state index contributed by atoms with van der Waals surface area (Å²) < 4.78 is 24.3. The zero-order valence-electron chi connectivity index (χ0n) is 6.51. The molecule has 0 amide bonds. The van der Waals surface area contributed by atoms with Crippen LogP contribution in [0.25, 0.3) is 0 Å². The molecule has 0 aliphatic rings. The van der Waals surface area contributed by atoms with Crippen molar-refractivity contribution in [2.75, 3.05) is 0 Å². The fraction of sp³-hybridized carbons (Fsp3) is 0.250. The van der Waals surface area contributed by atoms with E-state index in [9.17, 15) is 13.6 Å². The fourth-order valence-corrected chi connectivity index (χ4v) is 1.31. The molecule has 1 rings (SSSR count). The molecule has 1 aromatic heterocycles. The van der Waals surface area contributed by atoms with Crippen molar-refractivity contribution in [2.45, 2.75) is 11.8 Å². The lowest BCUT2D eigenvalue weighted by molar-refractivity contribution is 0.112. The second kappa shape index (κ2) is 4.41. The van der Waals surface area contributed by atoms with Crippen LogP contribution in [-0.2, 0) is 5.33 Å². The molecule has 0 aliphatic carbocycles. The van der Waals surface area contributed by atoms with Crippen LogP contribution in [0.1, 0.15) is 28.2 Å². The smallest absolute Gasteiger partial charge is 0.280 e. The maximum Gasteiger partial charge on any atom is 0.280 e. The predicted molar refractivity (Wildman–Crippen MR) is 47.2 cm³/mol. The Bertz CT molecular complexity index is 317. The first-order chi connectivity index (χ1) is 6.19. The Hall–Kier alpha value is -0.840. The van der Waals surface area contributed by atoms with Gasteiger partial charge in [0.05, 0.1) is 5.69 Å². The molecule has 1 heterocycles. The number of alkyl halides is 3. The molecule has 0 fully saturated rings. The molecular weight excluding hydrogens is 244 g/mol. The number of nitrogens with zero attached hydrogens (tertiary/aromatic N) is 1. The Balaban J connectivity index is 3.12. The zero-order valence-corrected chi connectivity index (χ0v) is 8.09. The first-order valence-corrected chi connectivity index (χ1v) is 4.60. The van der Waals surface area contributed by atoms with E-state index in [0.717, 1.165) is 6.07 Å². The maximum absolute atomic E-state index is 12.2. The third-order valence-corrected chi connectivity index (χ3v) is 2.04. The highest BCUT2D eigenvalue weighted by molar-refractivity contribution is 9.08. The minimum absolute atomic E-state index is 0.293. The van der Waals surface area contributed by atoms with Gasteiger partial charge in [0.1, 0.15) is 5.69 Å². The standard InChI is InChI=1S/C8H6BrF2NO/c9-3-7-5(4-13)1-2-6(12-7)8(10)11/h1-2,4,8H,3H2. The molecule has 0 saturated carbocycles. The van der Waals surface area contributed by atoms with Crippen molar-refractivity contribution in [3.8, 4) is 0 Å². The topological polar surface area (TPSA) is 30.0 Å². The molecule has 2 nitrogen and oxygen atoms in total. The van der Waals surface area contributed by atoms with Crippen molar-refractivity contribution in [1.29, 1.82) is 0 Å². The van der Waals surface area contributed by atoms with Crippen LogP contribution < -0.4 is 0 Å². The van der Waals surface area contributed by atoms with Crippen LogP contribution in [0.3, 0.4) is 0 Å². The van der Waals surface area contributed by atoms with Crippen LogP contribution in [-0.4, -0.2) is 11.3 Å². The fourth-order valence-electron chi connectivity index (χ4n) is 0.865. The number of hydrogen-bond acceptors (Lipinski definition) is 2. The van der Waals surface area contributed by atoms with Crippen molar-refractivity contribution in [3.63, 3.8) is 0 Å². The predicted octanol–water partition coefficient (Wildman–Crippen LogP) is 2.73. The van der Waals surface area contributed by atoms with Gasteiger partial charge in [-0.15, -0.1) is 0 Å². The van der Waals surface area contributed by atoms with E-state index in [4.69, 9.17) is 0 Å². The van der Waals surface area contributed by atoms with Crippen LogP contribution in [0, 0.1) is 0 Å². The lowest BCUT2D eigenvalue weighted by Gasteiger charge is -2.03. The number of rotatable bonds is 3. The van der Waals surface area contributed by atoms with Gasteiger partial charge < -0.3 is 0 Å². The van der Waals surface area contributed by atoms with E-state index in [1.54, 1.807) is 0 Å². The Morgan fingerprint density at radius 3 is 2.69 bits per heavy atom. The molecule has 1 aromatic rings. The summed E-state index contributed by atoms with van der Waals surface area (Å²) >= 11 is 3.07. The Morgan fingerprint density at radius 2 is 2.23 bits per heavy atom. The third-order valence-electron chi connectivity index (χ3n) is 1.51. The molecule has 0 aliphatic heterocycles. The van der Waals surface area contributed by atoms with Gasteiger partial charge in [0.2, 0.25) is 0 Å². The molecule has 0 radical (unpaired) electrons. The highest BCUT2D eigenvalue weighted by atomic mass is 79.9. The van der Waals surface area contributed by atoms with Crippen LogP contribution in [0.2, 0.25) is 0 Å². The van der Waals surface area contributed by atoms with Crippen LogP contribution >= 0.6 is 15.9 Å². The summed E-state index contributed by atoms with van der Waals surface area (Å²) in [6.45, 7) is 0. The van der Waals surface area contributed by atoms with Gasteiger partial charge in [-0.2, -0.15) is 0 Å². The van der Waals surface area contributed by atoms with E-state index >= 15 is 0 Å². The maximum atomic E-state index is 12.2. The molecule has 0 bridgehead atoms. The summed E-state index contributed by atoms with van der Waals surface area (Å²) in [5, 5.41) is 0.293. The lowest BCUT2D eigenvalue weighted by Crippen LogP contribution is -1.98. The molecule has 0 spiro atoms.